The van der Waals surface area contributed by atoms with Gasteiger partial charge in [0.05, 0.1) is 32.5 Å². The standard InChI is InChI=1S/C25H30FN11O12P2S2/c1-28-2-3-42-24(39)35-23-33-19-13(20(38)34-23)32-9-37(19)21-14-11(26)10(46-21)4-44-50(40,52)49-16-15-22(36-8-31-12-17(27)29-7-30-18(12)36)47-25(16,5-43-15)6-45-51(41,53)48-14/h7-11,14-16,21-22,28H,2-6H2,1H3,(H,40,52)(H,41,53)(H2,27,29,30)(H2,33,34,35,38,39)/t10?,11-,14-,15-,16+,21-,22-,25-,50+,51+/m1/s1. The summed E-state index contributed by atoms with van der Waals surface area (Å²) in [6.45, 7) is -10.0. The molecule has 0 spiro atoms. The Kier molecular flexibility index (Phi) is 9.55. The molecule has 4 aromatic heterocycles. The van der Waals surface area contributed by atoms with E-state index in [1.165, 1.54) is 17.2 Å². The van der Waals surface area contributed by atoms with Gasteiger partial charge in [0.15, 0.2) is 41.3 Å². The average molecular weight is 822 g/mol. The molecule has 10 atom stereocenters. The third kappa shape index (κ3) is 6.73. The first-order chi connectivity index (χ1) is 25.3. The number of ether oxygens (including phenoxy) is 4. The molecule has 4 aliphatic heterocycles. The lowest BCUT2D eigenvalue weighted by atomic mass is 10.0. The van der Waals surface area contributed by atoms with Crippen LogP contribution in [0.1, 0.15) is 12.5 Å². The van der Waals surface area contributed by atoms with Gasteiger partial charge in [-0.3, -0.25) is 42.3 Å². The van der Waals surface area contributed by atoms with Crippen LogP contribution in [0, 0.1) is 0 Å². The van der Waals surface area contributed by atoms with E-state index in [0.717, 1.165) is 10.9 Å². The maximum Gasteiger partial charge on any atom is 0.414 e. The third-order valence-electron chi connectivity index (χ3n) is 8.79. The van der Waals surface area contributed by atoms with Crippen LogP contribution in [0.15, 0.2) is 23.8 Å². The molecule has 0 aromatic carbocycles. The maximum absolute atomic E-state index is 16.2. The molecule has 4 aromatic rings. The average Bonchev–Trinajstić information content (AvgIpc) is 3.92. The maximum atomic E-state index is 16.2. The molecule has 23 nitrogen and oxygen atoms in total. The minimum atomic E-state index is -4.53. The number of hydrogen-bond donors (Lipinski definition) is 6. The number of carbonyl (C=O) groups excluding carboxylic acids is 1. The summed E-state index contributed by atoms with van der Waals surface area (Å²) in [5.74, 6) is -0.213. The number of amides is 1. The number of aromatic amines is 1. The lowest BCUT2D eigenvalue weighted by Gasteiger charge is -2.32. The van der Waals surface area contributed by atoms with Gasteiger partial charge in [0, 0.05) is 6.54 Å². The highest BCUT2D eigenvalue weighted by Crippen LogP contribution is 2.63. The molecule has 5 N–H and O–H groups in total. The Morgan fingerprint density at radius 2 is 1.83 bits per heavy atom. The Hall–Kier alpha value is -3.26. The predicted molar refractivity (Wildman–Crippen MR) is 183 cm³/mol. The highest BCUT2D eigenvalue weighted by molar-refractivity contribution is 8.44. The van der Waals surface area contributed by atoms with Gasteiger partial charge >= 0.3 is 19.7 Å². The minimum absolute atomic E-state index is 0.0218. The molecule has 4 saturated heterocycles. The number of rotatable bonds is 6. The number of hydrogen-bond acceptors (Lipinski definition) is 19. The summed E-state index contributed by atoms with van der Waals surface area (Å²) in [7, 11) is 1.67. The molecular formula is C25H30FN11O12P2S2. The van der Waals surface area contributed by atoms with Crippen molar-refractivity contribution in [3.63, 3.8) is 0 Å². The second kappa shape index (κ2) is 13.8. The number of likely N-dealkylation sites (N-methyl/N-ethyl adjacent to an activating group) is 1. The number of fused-ring (bicyclic) bond motifs is 4. The molecule has 4 fully saturated rings. The molecule has 1 unspecified atom stereocenters. The Balaban J connectivity index is 1.09. The molecule has 4 aliphatic rings. The van der Waals surface area contributed by atoms with Gasteiger partial charge in [-0.2, -0.15) is 4.98 Å². The molecule has 0 radical (unpaired) electrons. The van der Waals surface area contributed by atoms with Crippen LogP contribution in [0.25, 0.3) is 22.3 Å². The van der Waals surface area contributed by atoms with Crippen LogP contribution in [-0.2, 0) is 46.2 Å². The number of halogens is 1. The fourth-order valence-electron chi connectivity index (χ4n) is 6.36. The van der Waals surface area contributed by atoms with Crippen molar-refractivity contribution < 1.29 is 55.4 Å². The summed E-state index contributed by atoms with van der Waals surface area (Å²) in [6.07, 6.45) is -7.35. The van der Waals surface area contributed by atoms with Gasteiger partial charge < -0.3 is 30.0 Å². The van der Waals surface area contributed by atoms with Crippen molar-refractivity contribution in [3.05, 3.63) is 29.3 Å². The summed E-state index contributed by atoms with van der Waals surface area (Å²) in [5, 5.41) is 5.10. The van der Waals surface area contributed by atoms with Gasteiger partial charge in [0.25, 0.3) is 5.56 Å². The van der Waals surface area contributed by atoms with Crippen molar-refractivity contribution in [3.8, 4) is 0 Å². The summed E-state index contributed by atoms with van der Waals surface area (Å²) >= 11 is 8.28. The molecule has 286 valence electrons. The first kappa shape index (κ1) is 36.7. The zero-order valence-corrected chi connectivity index (χ0v) is 30.7. The molecule has 8 heterocycles. The fourth-order valence-corrected chi connectivity index (χ4v) is 9.33. The van der Waals surface area contributed by atoms with Crippen molar-refractivity contribution >= 4 is 78.3 Å². The number of thiol groups is 2. The van der Waals surface area contributed by atoms with Crippen LogP contribution in [0.2, 0.25) is 0 Å². The molecule has 4 bridgehead atoms. The van der Waals surface area contributed by atoms with E-state index in [1.54, 1.807) is 7.05 Å². The summed E-state index contributed by atoms with van der Waals surface area (Å²) in [5.41, 5.74) is 3.74. The summed E-state index contributed by atoms with van der Waals surface area (Å²) < 4.78 is 92.6. The van der Waals surface area contributed by atoms with E-state index in [2.05, 4.69) is 65.0 Å². The van der Waals surface area contributed by atoms with E-state index in [0.29, 0.717) is 12.2 Å². The Morgan fingerprint density at radius 1 is 1.08 bits per heavy atom. The van der Waals surface area contributed by atoms with Crippen molar-refractivity contribution in [2.45, 2.75) is 48.6 Å². The van der Waals surface area contributed by atoms with Crippen LogP contribution in [0.5, 0.6) is 0 Å². The molecule has 53 heavy (non-hydrogen) atoms. The first-order valence-corrected chi connectivity index (χ1v) is 21.1. The molecule has 28 heteroatoms. The number of anilines is 2. The van der Waals surface area contributed by atoms with Crippen LogP contribution in [-0.4, -0.2) is 121 Å². The van der Waals surface area contributed by atoms with Gasteiger partial charge in [-0.15, -0.1) is 0 Å². The number of nitrogens with zero attached hydrogens (tertiary/aromatic N) is 7. The molecule has 8 rings (SSSR count). The third-order valence-corrected chi connectivity index (χ3v) is 12.0. The fraction of sp³-hybridized carbons (Fsp3) is 0.560. The van der Waals surface area contributed by atoms with Crippen molar-refractivity contribution in [1.29, 1.82) is 0 Å². The number of carbonyl (C=O) groups is 1. The molecule has 0 saturated carbocycles. The number of nitrogen functional groups attached to an aromatic ring is 1. The van der Waals surface area contributed by atoms with Crippen LogP contribution in [0.3, 0.4) is 0 Å². The Labute approximate surface area is 306 Å². The second-order valence-electron chi connectivity index (χ2n) is 12.1. The van der Waals surface area contributed by atoms with Crippen LogP contribution >= 0.6 is 38.1 Å². The van der Waals surface area contributed by atoms with Crippen LogP contribution < -0.4 is 21.9 Å². The zero-order chi connectivity index (χ0) is 37.3. The summed E-state index contributed by atoms with van der Waals surface area (Å²) in [6, 6.07) is 0. The quantitative estimate of drug-likeness (QED) is 0.0902. The normalized spacial score (nSPS) is 35.8. The summed E-state index contributed by atoms with van der Waals surface area (Å²) in [4.78, 5) is 48.2. The van der Waals surface area contributed by atoms with E-state index in [4.69, 9.17) is 42.8 Å². The smallest absolute Gasteiger partial charge is 0.414 e. The second-order valence-corrected chi connectivity index (χ2v) is 17.9. The van der Waals surface area contributed by atoms with Gasteiger partial charge in [0.2, 0.25) is 5.95 Å². The van der Waals surface area contributed by atoms with E-state index >= 15 is 4.39 Å². The monoisotopic (exact) mass is 821 g/mol. The van der Waals surface area contributed by atoms with Crippen molar-refractivity contribution in [1.82, 2.24) is 44.4 Å². The molecule has 1 amide bonds. The van der Waals surface area contributed by atoms with E-state index in [1.807, 2.05) is 0 Å². The van der Waals surface area contributed by atoms with Gasteiger partial charge in [-0.05, 0) is 7.05 Å². The van der Waals surface area contributed by atoms with Crippen molar-refractivity contribution in [2.75, 3.05) is 51.1 Å². The highest BCUT2D eigenvalue weighted by atomic mass is 32.7. The van der Waals surface area contributed by atoms with Crippen LogP contribution in [0.4, 0.5) is 21.0 Å². The van der Waals surface area contributed by atoms with Gasteiger partial charge in [-0.1, -0.05) is 24.5 Å². The van der Waals surface area contributed by atoms with E-state index in [9.17, 15) is 18.7 Å². The number of aromatic nitrogens is 8. The Morgan fingerprint density at radius 3 is 2.62 bits per heavy atom. The lowest BCUT2D eigenvalue weighted by Crippen LogP contribution is -2.45. The number of H-pyrrole nitrogens is 1. The Bertz CT molecular complexity index is 2230. The molecule has 0 aliphatic carbocycles. The lowest BCUT2D eigenvalue weighted by molar-refractivity contribution is -0.182. The predicted octanol–water partition coefficient (Wildman–Crippen LogP) is 1.10. The van der Waals surface area contributed by atoms with Gasteiger partial charge in [0.1, 0.15) is 48.5 Å². The van der Waals surface area contributed by atoms with E-state index < -0.39 is 87.1 Å². The SMILES string of the molecule is CNCCOC(=O)Nc1nc2c(ncn2[C@@H]2OC3CO[P@](=O)(S)O[C@H]4[C@H]5OC[C@]4(CO[P@](=O)(S)O[C@@H]2[C@@H]3F)O[C@H]5n2cnc3c(N)ncnc32)c(=O)[nH]1. The minimum Gasteiger partial charge on any atom is -0.448 e. The first-order valence-electron chi connectivity index (χ1n) is 15.7. The topological polar surface area (TPSA) is 282 Å². The largest absolute Gasteiger partial charge is 0.448 e. The number of nitrogens with two attached hydrogens (primary N) is 1. The molecular weight excluding hydrogens is 791 g/mol. The van der Waals surface area contributed by atoms with Crippen molar-refractivity contribution in [2.24, 2.45) is 0 Å². The zero-order valence-electron chi connectivity index (χ0n) is 27.1. The van der Waals surface area contributed by atoms with E-state index in [-0.39, 0.29) is 41.7 Å². The highest BCUT2D eigenvalue weighted by Gasteiger charge is 2.66. The number of imidazole rings is 2. The van der Waals surface area contributed by atoms with Gasteiger partial charge in [-0.25, -0.2) is 38.3 Å². The number of nitrogens with one attached hydrogen (secondary N) is 3. The number of alkyl halides is 1.